The summed E-state index contributed by atoms with van der Waals surface area (Å²) in [5.74, 6) is -1.12. The molecule has 1 aromatic carbocycles. The summed E-state index contributed by atoms with van der Waals surface area (Å²) in [5.41, 5.74) is 0.529. The van der Waals surface area contributed by atoms with E-state index in [1.54, 1.807) is 6.07 Å². The fraction of sp³-hybridized carbons (Fsp3) is 0.500. The number of carbonyl (C=O) groups is 2. The van der Waals surface area contributed by atoms with E-state index in [1.165, 1.54) is 0 Å². The lowest BCUT2D eigenvalue weighted by atomic mass is 9.86. The summed E-state index contributed by atoms with van der Waals surface area (Å²) in [5, 5.41) is 0. The van der Waals surface area contributed by atoms with Crippen molar-refractivity contribution in [1.29, 1.82) is 0 Å². The molecule has 26 heavy (non-hydrogen) atoms. The standard InChI is InChI=1S/C16H16I3NO5S/c1-26(23,24)20-15(21)10-3-7-2-9(10)13(4-7)25-16(22)11-5-8(17)6-12(18)14(11)19/h5-7,9-10,13H,2-4H2,1H3,(H,20,21). The van der Waals surface area contributed by atoms with Crippen LogP contribution in [-0.2, 0) is 19.6 Å². The van der Waals surface area contributed by atoms with Gasteiger partial charge in [-0.3, -0.25) is 9.52 Å². The van der Waals surface area contributed by atoms with E-state index in [9.17, 15) is 18.0 Å². The van der Waals surface area contributed by atoms with Crippen LogP contribution in [0.4, 0.5) is 0 Å². The number of sulfonamides is 1. The summed E-state index contributed by atoms with van der Waals surface area (Å²) in [6.07, 6.45) is 2.80. The molecule has 10 heteroatoms. The number of esters is 1. The summed E-state index contributed by atoms with van der Waals surface area (Å²) in [4.78, 5) is 24.9. The number of halogens is 3. The van der Waals surface area contributed by atoms with E-state index in [4.69, 9.17) is 4.74 Å². The predicted molar refractivity (Wildman–Crippen MR) is 121 cm³/mol. The number of hydrogen-bond donors (Lipinski definition) is 1. The zero-order valence-electron chi connectivity index (χ0n) is 13.7. The van der Waals surface area contributed by atoms with Crippen molar-refractivity contribution in [2.45, 2.75) is 25.4 Å². The van der Waals surface area contributed by atoms with Gasteiger partial charge in [0.2, 0.25) is 15.9 Å². The van der Waals surface area contributed by atoms with Gasteiger partial charge in [0, 0.05) is 22.5 Å². The first-order valence-corrected chi connectivity index (χ1v) is 13.0. The van der Waals surface area contributed by atoms with Crippen molar-refractivity contribution in [2.75, 3.05) is 6.26 Å². The molecular weight excluding hydrogens is 699 g/mol. The molecule has 1 N–H and O–H groups in total. The lowest BCUT2D eigenvalue weighted by Gasteiger charge is -2.28. The Labute approximate surface area is 193 Å². The molecule has 2 aliphatic rings. The Bertz CT molecular complexity index is 873. The van der Waals surface area contributed by atoms with Gasteiger partial charge >= 0.3 is 5.97 Å². The number of ether oxygens (including phenoxy) is 1. The van der Waals surface area contributed by atoms with Gasteiger partial charge in [-0.1, -0.05) is 0 Å². The molecule has 2 fully saturated rings. The van der Waals surface area contributed by atoms with E-state index >= 15 is 0 Å². The molecule has 2 aliphatic carbocycles. The molecule has 2 saturated carbocycles. The number of carbonyl (C=O) groups excluding carboxylic acids is 2. The van der Waals surface area contributed by atoms with Crippen LogP contribution in [0.25, 0.3) is 0 Å². The van der Waals surface area contributed by atoms with Crippen molar-refractivity contribution in [3.05, 3.63) is 28.4 Å². The first kappa shape index (κ1) is 21.0. The van der Waals surface area contributed by atoms with Gasteiger partial charge < -0.3 is 4.74 Å². The predicted octanol–water partition coefficient (Wildman–Crippen LogP) is 3.15. The fourth-order valence-corrected chi connectivity index (χ4v) is 6.78. The minimum absolute atomic E-state index is 0.120. The highest BCUT2D eigenvalue weighted by Gasteiger charge is 2.51. The summed E-state index contributed by atoms with van der Waals surface area (Å²) in [6, 6.07) is 3.79. The van der Waals surface area contributed by atoms with Crippen LogP contribution in [0.1, 0.15) is 29.6 Å². The SMILES string of the molecule is CS(=O)(=O)NC(=O)C1CC2CC(OC(=O)c3cc(I)cc(I)c3I)C1C2. The molecule has 0 spiro atoms. The van der Waals surface area contributed by atoms with E-state index in [-0.39, 0.29) is 18.0 Å². The van der Waals surface area contributed by atoms with Crippen molar-refractivity contribution >= 4 is 89.7 Å². The molecule has 0 heterocycles. The second-order valence-corrected chi connectivity index (χ2v) is 12.0. The molecule has 0 aromatic heterocycles. The lowest BCUT2D eigenvalue weighted by molar-refractivity contribution is -0.126. The Hall–Kier alpha value is 0.300. The monoisotopic (exact) mass is 715 g/mol. The van der Waals surface area contributed by atoms with Crippen molar-refractivity contribution in [2.24, 2.45) is 17.8 Å². The Morgan fingerprint density at radius 1 is 1.15 bits per heavy atom. The van der Waals surface area contributed by atoms with Gasteiger partial charge in [-0.2, -0.15) is 0 Å². The number of benzene rings is 1. The Balaban J connectivity index is 1.73. The van der Waals surface area contributed by atoms with Crippen LogP contribution in [0.5, 0.6) is 0 Å². The van der Waals surface area contributed by atoms with Crippen LogP contribution in [0.15, 0.2) is 12.1 Å². The summed E-state index contributed by atoms with van der Waals surface area (Å²) >= 11 is 6.48. The summed E-state index contributed by atoms with van der Waals surface area (Å²) in [6.45, 7) is 0. The fourth-order valence-electron chi connectivity index (χ4n) is 3.89. The Morgan fingerprint density at radius 3 is 2.46 bits per heavy atom. The van der Waals surface area contributed by atoms with Crippen LogP contribution < -0.4 is 4.72 Å². The van der Waals surface area contributed by atoms with Gasteiger partial charge in [0.25, 0.3) is 0 Å². The maximum absolute atomic E-state index is 12.7. The summed E-state index contributed by atoms with van der Waals surface area (Å²) in [7, 11) is -3.59. The number of rotatable bonds is 4. The largest absolute Gasteiger partial charge is 0.458 e. The van der Waals surface area contributed by atoms with Gasteiger partial charge in [0.15, 0.2) is 0 Å². The molecule has 3 rings (SSSR count). The lowest BCUT2D eigenvalue weighted by Crippen LogP contribution is -2.41. The van der Waals surface area contributed by atoms with E-state index in [0.29, 0.717) is 17.9 Å². The van der Waals surface area contributed by atoms with Crippen LogP contribution in [-0.4, -0.2) is 32.7 Å². The van der Waals surface area contributed by atoms with Crippen LogP contribution in [0.2, 0.25) is 0 Å². The van der Waals surface area contributed by atoms with Crippen molar-refractivity contribution in [3.8, 4) is 0 Å². The molecule has 1 amide bonds. The zero-order chi connectivity index (χ0) is 19.2. The molecule has 1 aromatic rings. The quantitative estimate of drug-likeness (QED) is 0.294. The van der Waals surface area contributed by atoms with Crippen molar-refractivity contribution < 1.29 is 22.7 Å². The number of fused-ring (bicyclic) bond motifs is 2. The molecule has 4 atom stereocenters. The summed E-state index contributed by atoms with van der Waals surface area (Å²) < 4.78 is 33.3. The number of amides is 1. The highest BCUT2D eigenvalue weighted by molar-refractivity contribution is 14.1. The van der Waals surface area contributed by atoms with E-state index in [1.807, 2.05) is 6.07 Å². The topological polar surface area (TPSA) is 89.5 Å². The van der Waals surface area contributed by atoms with Gasteiger partial charge in [-0.25, -0.2) is 13.2 Å². The van der Waals surface area contributed by atoms with Crippen molar-refractivity contribution in [3.63, 3.8) is 0 Å². The molecule has 6 nitrogen and oxygen atoms in total. The molecule has 142 valence electrons. The molecule has 0 saturated heterocycles. The van der Waals surface area contributed by atoms with Crippen molar-refractivity contribution in [1.82, 2.24) is 4.72 Å². The van der Waals surface area contributed by atoms with E-state index < -0.39 is 21.8 Å². The second-order valence-electron chi connectivity index (χ2n) is 6.77. The first-order chi connectivity index (χ1) is 12.0. The van der Waals surface area contributed by atoms with Gasteiger partial charge in [0.1, 0.15) is 6.10 Å². The smallest absolute Gasteiger partial charge is 0.339 e. The number of hydrogen-bond acceptors (Lipinski definition) is 5. The average Bonchev–Trinajstić information content (AvgIpc) is 3.09. The molecule has 0 radical (unpaired) electrons. The third kappa shape index (κ3) is 4.64. The van der Waals surface area contributed by atoms with Crippen LogP contribution >= 0.6 is 67.8 Å². The second kappa shape index (κ2) is 7.97. The Kier molecular flexibility index (Phi) is 6.44. The highest BCUT2D eigenvalue weighted by Crippen LogP contribution is 2.50. The van der Waals surface area contributed by atoms with Crippen LogP contribution in [0, 0.1) is 28.5 Å². The molecule has 0 aliphatic heterocycles. The normalized spacial score (nSPS) is 27.4. The molecular formula is C16H16I3NO5S. The van der Waals surface area contributed by atoms with Gasteiger partial charge in [-0.15, -0.1) is 0 Å². The minimum Gasteiger partial charge on any atom is -0.458 e. The zero-order valence-corrected chi connectivity index (χ0v) is 21.0. The first-order valence-electron chi connectivity index (χ1n) is 7.92. The van der Waals surface area contributed by atoms with Gasteiger partial charge in [0.05, 0.1) is 11.8 Å². The number of nitrogens with one attached hydrogen (secondary N) is 1. The van der Waals surface area contributed by atoms with E-state index in [0.717, 1.165) is 29.8 Å². The highest BCUT2D eigenvalue weighted by atomic mass is 127. The minimum atomic E-state index is -3.59. The van der Waals surface area contributed by atoms with E-state index in [2.05, 4.69) is 72.5 Å². The molecule has 4 unspecified atom stereocenters. The third-order valence-electron chi connectivity index (χ3n) is 4.85. The van der Waals surface area contributed by atoms with Crippen LogP contribution in [0.3, 0.4) is 0 Å². The third-order valence-corrected chi connectivity index (χ3v) is 9.09. The molecule has 2 bridgehead atoms. The maximum Gasteiger partial charge on any atom is 0.339 e. The maximum atomic E-state index is 12.7. The van der Waals surface area contributed by atoms with Gasteiger partial charge in [-0.05, 0) is 105 Å². The Morgan fingerprint density at radius 2 is 1.85 bits per heavy atom. The average molecular weight is 715 g/mol.